The molecule has 0 bridgehead atoms. The predicted molar refractivity (Wildman–Crippen MR) is 74.2 cm³/mol. The van der Waals surface area contributed by atoms with Gasteiger partial charge >= 0.3 is 4.87 Å². The number of aromatic nitrogens is 1. The molecule has 1 aromatic carbocycles. The summed E-state index contributed by atoms with van der Waals surface area (Å²) in [5, 5.41) is 2.48. The molecule has 0 unspecified atom stereocenters. The van der Waals surface area contributed by atoms with Gasteiger partial charge < -0.3 is 9.47 Å². The van der Waals surface area contributed by atoms with Gasteiger partial charge in [0.25, 0.3) is 0 Å². The Morgan fingerprint density at radius 2 is 2.32 bits per heavy atom. The zero-order valence-electron chi connectivity index (χ0n) is 10.3. The van der Waals surface area contributed by atoms with Gasteiger partial charge in [-0.3, -0.25) is 9.36 Å². The molecule has 0 aliphatic carbocycles. The second-order valence-electron chi connectivity index (χ2n) is 4.39. The zero-order chi connectivity index (χ0) is 13.4. The van der Waals surface area contributed by atoms with Crippen LogP contribution < -0.4 is 9.61 Å². The highest BCUT2D eigenvalue weighted by atomic mass is 35.5. The number of hydrogen-bond acceptors (Lipinski definition) is 4. The van der Waals surface area contributed by atoms with E-state index < -0.39 is 0 Å². The summed E-state index contributed by atoms with van der Waals surface area (Å²) in [6, 6.07) is 3.68. The largest absolute Gasteiger partial charge is 0.467 e. The number of nitrogens with zero attached hydrogens (tertiary/aromatic N) is 1. The van der Waals surface area contributed by atoms with Crippen molar-refractivity contribution in [2.45, 2.75) is 20.1 Å². The molecule has 0 amide bonds. The first-order chi connectivity index (χ1) is 9.15. The predicted octanol–water partition coefficient (Wildman–Crippen LogP) is 2.79. The molecular weight excluding hydrogens is 286 g/mol. The summed E-state index contributed by atoms with van der Waals surface area (Å²) in [5.74, 6) is 0.785. The molecule has 0 saturated heterocycles. The third-order valence-corrected chi connectivity index (χ3v) is 4.16. The third kappa shape index (κ3) is 2.41. The van der Waals surface area contributed by atoms with Gasteiger partial charge in [0.15, 0.2) is 6.79 Å². The summed E-state index contributed by atoms with van der Waals surface area (Å²) in [5.41, 5.74) is 2.78. The summed E-state index contributed by atoms with van der Waals surface area (Å²) in [6.07, 6.45) is 0. The maximum Gasteiger partial charge on any atom is 0.307 e. The Morgan fingerprint density at radius 3 is 3.05 bits per heavy atom. The molecule has 3 rings (SSSR count). The third-order valence-electron chi connectivity index (χ3n) is 3.06. The van der Waals surface area contributed by atoms with Gasteiger partial charge in [-0.05, 0) is 19.1 Å². The molecule has 0 saturated carbocycles. The molecule has 1 aromatic heterocycles. The fourth-order valence-corrected chi connectivity index (χ4v) is 3.14. The van der Waals surface area contributed by atoms with Gasteiger partial charge in [0, 0.05) is 27.2 Å². The second-order valence-corrected chi connectivity index (χ2v) is 5.65. The van der Waals surface area contributed by atoms with E-state index >= 15 is 0 Å². The summed E-state index contributed by atoms with van der Waals surface area (Å²) in [7, 11) is 0. The summed E-state index contributed by atoms with van der Waals surface area (Å²) in [6.45, 7) is 3.11. The molecule has 0 atom stereocenters. The molecule has 19 heavy (non-hydrogen) atoms. The molecule has 2 heterocycles. The average Bonchev–Trinajstić information content (AvgIpc) is 2.70. The minimum absolute atomic E-state index is 0.0262. The van der Waals surface area contributed by atoms with Crippen LogP contribution in [0.4, 0.5) is 0 Å². The first-order valence-corrected chi connectivity index (χ1v) is 7.07. The van der Waals surface area contributed by atoms with Gasteiger partial charge in [-0.15, -0.1) is 0 Å². The number of aryl methyl sites for hydroxylation is 1. The molecule has 0 radical (unpaired) electrons. The molecule has 0 spiro atoms. The average molecular weight is 298 g/mol. The number of fused-ring (bicyclic) bond motifs is 1. The molecule has 6 heteroatoms. The van der Waals surface area contributed by atoms with Crippen molar-refractivity contribution in [2.75, 3.05) is 6.79 Å². The summed E-state index contributed by atoms with van der Waals surface area (Å²) >= 11 is 7.31. The van der Waals surface area contributed by atoms with Crippen LogP contribution in [0.5, 0.6) is 5.75 Å². The highest BCUT2D eigenvalue weighted by Gasteiger charge is 2.17. The lowest BCUT2D eigenvalue weighted by Crippen LogP contribution is -2.18. The van der Waals surface area contributed by atoms with E-state index in [0.29, 0.717) is 18.2 Å². The number of hydrogen-bond donors (Lipinski definition) is 0. The topological polar surface area (TPSA) is 40.5 Å². The van der Waals surface area contributed by atoms with Crippen molar-refractivity contribution >= 4 is 22.9 Å². The van der Waals surface area contributed by atoms with Gasteiger partial charge in [-0.1, -0.05) is 22.9 Å². The fourth-order valence-electron chi connectivity index (χ4n) is 2.14. The Morgan fingerprint density at radius 1 is 1.47 bits per heavy atom. The highest BCUT2D eigenvalue weighted by Crippen LogP contribution is 2.32. The number of benzene rings is 1. The van der Waals surface area contributed by atoms with E-state index in [4.69, 9.17) is 21.1 Å². The fraction of sp³-hybridized carbons (Fsp3) is 0.308. The van der Waals surface area contributed by atoms with Gasteiger partial charge in [0.05, 0.1) is 13.2 Å². The van der Waals surface area contributed by atoms with Gasteiger partial charge in [0.1, 0.15) is 5.75 Å². The molecule has 0 N–H and O–H groups in total. The quantitative estimate of drug-likeness (QED) is 0.856. The summed E-state index contributed by atoms with van der Waals surface area (Å²) in [4.78, 5) is 11.8. The van der Waals surface area contributed by atoms with Crippen LogP contribution in [0.2, 0.25) is 5.02 Å². The van der Waals surface area contributed by atoms with Crippen molar-refractivity contribution in [1.82, 2.24) is 4.57 Å². The van der Waals surface area contributed by atoms with Crippen molar-refractivity contribution in [2.24, 2.45) is 0 Å². The van der Waals surface area contributed by atoms with E-state index in [-0.39, 0.29) is 11.7 Å². The van der Waals surface area contributed by atoms with E-state index in [2.05, 4.69) is 0 Å². The highest BCUT2D eigenvalue weighted by molar-refractivity contribution is 7.07. The van der Waals surface area contributed by atoms with E-state index in [1.54, 1.807) is 4.57 Å². The normalized spacial score (nSPS) is 14.0. The molecule has 4 nitrogen and oxygen atoms in total. The van der Waals surface area contributed by atoms with E-state index in [0.717, 1.165) is 22.6 Å². The number of ether oxygens (including phenoxy) is 2. The second kappa shape index (κ2) is 5.00. The minimum Gasteiger partial charge on any atom is -0.467 e. The van der Waals surface area contributed by atoms with Crippen LogP contribution in [0, 0.1) is 6.92 Å². The van der Waals surface area contributed by atoms with Crippen molar-refractivity contribution in [1.29, 1.82) is 0 Å². The lowest BCUT2D eigenvalue weighted by atomic mass is 10.1. The number of thiazole rings is 1. The Kier molecular flexibility index (Phi) is 3.35. The lowest BCUT2D eigenvalue weighted by Gasteiger charge is -2.21. The first kappa shape index (κ1) is 12.7. The maximum absolute atomic E-state index is 11.8. The molecule has 1 aliphatic rings. The molecule has 1 aliphatic heterocycles. The van der Waals surface area contributed by atoms with Gasteiger partial charge in [-0.2, -0.15) is 0 Å². The van der Waals surface area contributed by atoms with E-state index in [1.165, 1.54) is 11.3 Å². The Labute approximate surface area is 119 Å². The van der Waals surface area contributed by atoms with Crippen LogP contribution in [0.3, 0.4) is 0 Å². The van der Waals surface area contributed by atoms with Crippen molar-refractivity contribution in [3.8, 4) is 5.75 Å². The van der Waals surface area contributed by atoms with Crippen LogP contribution >= 0.6 is 22.9 Å². The number of rotatable bonds is 2. The lowest BCUT2D eigenvalue weighted by molar-refractivity contribution is -0.0170. The van der Waals surface area contributed by atoms with Crippen LogP contribution in [0.1, 0.15) is 16.8 Å². The van der Waals surface area contributed by atoms with Gasteiger partial charge in [-0.25, -0.2) is 0 Å². The molecule has 0 fully saturated rings. The summed E-state index contributed by atoms with van der Waals surface area (Å²) < 4.78 is 12.5. The van der Waals surface area contributed by atoms with Crippen molar-refractivity contribution in [3.05, 3.63) is 49.0 Å². The minimum atomic E-state index is 0.0262. The van der Waals surface area contributed by atoms with Crippen LogP contribution in [-0.2, 0) is 17.9 Å². The Hall–Kier alpha value is -1.30. The first-order valence-electron chi connectivity index (χ1n) is 5.82. The standard InChI is InChI=1S/C13H12ClNO3S/c1-8-6-19-13(16)15(8)4-9-2-11(14)3-10-5-17-7-18-12(9)10/h2-3,6H,4-5,7H2,1H3. The molecular formula is C13H12ClNO3S. The Bertz CT molecular complexity index is 677. The monoisotopic (exact) mass is 297 g/mol. The SMILES string of the molecule is Cc1csc(=O)n1Cc1cc(Cl)cc2c1OCOC2. The maximum atomic E-state index is 11.8. The number of halogens is 1. The van der Waals surface area contributed by atoms with Crippen molar-refractivity contribution in [3.63, 3.8) is 0 Å². The van der Waals surface area contributed by atoms with E-state index in [1.807, 2.05) is 24.4 Å². The van der Waals surface area contributed by atoms with Crippen LogP contribution in [-0.4, -0.2) is 11.4 Å². The smallest absolute Gasteiger partial charge is 0.307 e. The molecule has 2 aromatic rings. The zero-order valence-corrected chi connectivity index (χ0v) is 11.9. The van der Waals surface area contributed by atoms with Crippen molar-refractivity contribution < 1.29 is 9.47 Å². The molecule has 100 valence electrons. The Balaban J connectivity index is 2.05. The van der Waals surface area contributed by atoms with Crippen LogP contribution in [0.25, 0.3) is 0 Å². The van der Waals surface area contributed by atoms with Gasteiger partial charge in [0.2, 0.25) is 0 Å². The van der Waals surface area contributed by atoms with Crippen LogP contribution in [0.15, 0.2) is 22.3 Å². The van der Waals surface area contributed by atoms with E-state index in [9.17, 15) is 4.79 Å².